The van der Waals surface area contributed by atoms with Gasteiger partial charge < -0.3 is 10.4 Å². The lowest BCUT2D eigenvalue weighted by molar-refractivity contribution is 0.0691. The highest BCUT2D eigenvalue weighted by Crippen LogP contribution is 2.15. The Bertz CT molecular complexity index is 604. The van der Waals surface area contributed by atoms with Crippen LogP contribution >= 0.6 is 0 Å². The molecule has 1 aromatic heterocycles. The van der Waals surface area contributed by atoms with E-state index in [1.165, 1.54) is 10.4 Å². The van der Waals surface area contributed by atoms with E-state index in [0.29, 0.717) is 0 Å². The maximum absolute atomic E-state index is 11.0. The molecule has 2 rings (SSSR count). The predicted molar refractivity (Wildman–Crippen MR) is 67.3 cm³/mol. The Balaban J connectivity index is 2.50. The number of carboxylic acids is 1. The monoisotopic (exact) mass is 246 g/mol. The normalized spacial score (nSPS) is 10.4. The maximum atomic E-state index is 11.0. The summed E-state index contributed by atoms with van der Waals surface area (Å²) in [4.78, 5) is 12.3. The molecule has 0 bridgehead atoms. The van der Waals surface area contributed by atoms with Crippen molar-refractivity contribution in [3.63, 3.8) is 0 Å². The molecule has 0 saturated heterocycles. The van der Waals surface area contributed by atoms with E-state index in [2.05, 4.69) is 15.5 Å². The third-order valence-corrected chi connectivity index (χ3v) is 2.77. The molecule has 0 saturated carbocycles. The van der Waals surface area contributed by atoms with Gasteiger partial charge in [0.05, 0.1) is 5.69 Å². The lowest BCUT2D eigenvalue weighted by Crippen LogP contribution is -2.03. The Hall–Kier alpha value is -2.37. The fourth-order valence-corrected chi connectivity index (χ4v) is 1.58. The zero-order valence-electron chi connectivity index (χ0n) is 10.4. The summed E-state index contributed by atoms with van der Waals surface area (Å²) >= 11 is 0. The van der Waals surface area contributed by atoms with Crippen LogP contribution in [0.2, 0.25) is 0 Å². The Morgan fingerprint density at radius 2 is 2.00 bits per heavy atom. The van der Waals surface area contributed by atoms with Crippen molar-refractivity contribution < 1.29 is 9.90 Å². The molecule has 0 atom stereocenters. The minimum Gasteiger partial charge on any atom is -0.476 e. The molecule has 0 aliphatic heterocycles. The molecule has 0 spiro atoms. The van der Waals surface area contributed by atoms with Gasteiger partial charge in [0.15, 0.2) is 5.82 Å². The van der Waals surface area contributed by atoms with Crippen molar-refractivity contribution in [2.24, 2.45) is 0 Å². The second-order valence-electron chi connectivity index (χ2n) is 4.01. The van der Waals surface area contributed by atoms with E-state index in [4.69, 9.17) is 5.11 Å². The van der Waals surface area contributed by atoms with Gasteiger partial charge in [0.1, 0.15) is 0 Å². The fourth-order valence-electron chi connectivity index (χ4n) is 1.58. The summed E-state index contributed by atoms with van der Waals surface area (Å²) in [5, 5.41) is 19.8. The van der Waals surface area contributed by atoms with Crippen LogP contribution in [0.4, 0.5) is 5.82 Å². The Kier molecular flexibility index (Phi) is 3.01. The minimum absolute atomic E-state index is 0.0873. The van der Waals surface area contributed by atoms with Gasteiger partial charge in [0.25, 0.3) is 0 Å². The van der Waals surface area contributed by atoms with Gasteiger partial charge in [0.2, 0.25) is 5.69 Å². The largest absolute Gasteiger partial charge is 0.476 e. The highest BCUT2D eigenvalue weighted by Gasteiger charge is 2.17. The number of hydrogen-bond donors (Lipinski definition) is 2. The van der Waals surface area contributed by atoms with Gasteiger partial charge in [-0.3, -0.25) is 0 Å². The number of nitrogens with zero attached hydrogens (tertiary/aromatic N) is 3. The molecule has 0 amide bonds. The second-order valence-corrected chi connectivity index (χ2v) is 4.01. The summed E-state index contributed by atoms with van der Waals surface area (Å²) in [5.41, 5.74) is 2.92. The quantitative estimate of drug-likeness (QED) is 0.860. The molecule has 1 aromatic carbocycles. The highest BCUT2D eigenvalue weighted by molar-refractivity contribution is 5.90. The number of rotatable bonds is 3. The Labute approximate surface area is 104 Å². The van der Waals surface area contributed by atoms with E-state index in [-0.39, 0.29) is 11.5 Å². The molecule has 94 valence electrons. The van der Waals surface area contributed by atoms with Gasteiger partial charge in [-0.15, -0.1) is 15.0 Å². The number of benzene rings is 1. The van der Waals surface area contributed by atoms with Crippen LogP contribution in [0.5, 0.6) is 0 Å². The first-order chi connectivity index (χ1) is 8.52. The number of hydrogen-bond acceptors (Lipinski definition) is 4. The molecular formula is C12H14N4O2. The molecule has 0 aliphatic rings. The maximum Gasteiger partial charge on any atom is 0.360 e. The number of aromatic nitrogens is 3. The molecule has 0 aliphatic carbocycles. The van der Waals surface area contributed by atoms with Crippen LogP contribution in [0.25, 0.3) is 5.69 Å². The van der Waals surface area contributed by atoms with E-state index >= 15 is 0 Å². The van der Waals surface area contributed by atoms with Gasteiger partial charge in [-0.2, -0.15) is 0 Å². The topological polar surface area (TPSA) is 80.0 Å². The lowest BCUT2D eigenvalue weighted by Gasteiger charge is -2.03. The number of carboxylic acid groups (broad SMARTS) is 1. The Morgan fingerprint density at radius 3 is 2.50 bits per heavy atom. The number of nitrogens with one attached hydrogen (secondary N) is 1. The summed E-state index contributed by atoms with van der Waals surface area (Å²) in [7, 11) is 1.61. The highest BCUT2D eigenvalue weighted by atomic mass is 16.4. The zero-order chi connectivity index (χ0) is 13.3. The van der Waals surface area contributed by atoms with Crippen molar-refractivity contribution in [2.75, 3.05) is 12.4 Å². The smallest absolute Gasteiger partial charge is 0.360 e. The van der Waals surface area contributed by atoms with Crippen molar-refractivity contribution in [3.8, 4) is 5.69 Å². The second kappa shape index (κ2) is 4.48. The van der Waals surface area contributed by atoms with Gasteiger partial charge in [-0.05, 0) is 37.1 Å². The molecule has 6 nitrogen and oxygen atoms in total. The first kappa shape index (κ1) is 12.1. The molecule has 18 heavy (non-hydrogen) atoms. The third kappa shape index (κ3) is 2.04. The van der Waals surface area contributed by atoms with Crippen LogP contribution in [0, 0.1) is 13.8 Å². The molecule has 0 fully saturated rings. The first-order valence-electron chi connectivity index (χ1n) is 5.49. The summed E-state index contributed by atoms with van der Waals surface area (Å²) in [6.07, 6.45) is 0. The van der Waals surface area contributed by atoms with Gasteiger partial charge in [-0.25, -0.2) is 4.79 Å². The van der Waals surface area contributed by atoms with Crippen LogP contribution in [0.15, 0.2) is 18.2 Å². The summed E-state index contributed by atoms with van der Waals surface area (Å²) < 4.78 is 0. The van der Waals surface area contributed by atoms with Crippen LogP contribution in [0.3, 0.4) is 0 Å². The number of aryl methyl sites for hydroxylation is 2. The first-order valence-corrected chi connectivity index (χ1v) is 5.49. The van der Waals surface area contributed by atoms with E-state index in [0.717, 1.165) is 11.3 Å². The van der Waals surface area contributed by atoms with Crippen molar-refractivity contribution >= 4 is 11.8 Å². The number of aromatic carboxylic acids is 1. The van der Waals surface area contributed by atoms with Crippen molar-refractivity contribution in [1.82, 2.24) is 15.0 Å². The number of anilines is 1. The predicted octanol–water partition coefficient (Wildman–Crippen LogP) is 1.62. The molecule has 2 aromatic rings. The average molecular weight is 246 g/mol. The third-order valence-electron chi connectivity index (χ3n) is 2.77. The lowest BCUT2D eigenvalue weighted by atomic mass is 10.1. The van der Waals surface area contributed by atoms with Crippen molar-refractivity contribution in [3.05, 3.63) is 35.0 Å². The van der Waals surface area contributed by atoms with Crippen LogP contribution in [-0.4, -0.2) is 33.1 Å². The SMILES string of the molecule is CNc1nn(-c2ccc(C)c(C)c2)nc1C(=O)O. The molecule has 1 heterocycles. The van der Waals surface area contributed by atoms with Crippen molar-refractivity contribution in [1.29, 1.82) is 0 Å². The van der Waals surface area contributed by atoms with E-state index in [1.807, 2.05) is 32.0 Å². The van der Waals surface area contributed by atoms with E-state index in [9.17, 15) is 4.79 Å². The summed E-state index contributed by atoms with van der Waals surface area (Å²) in [6, 6.07) is 5.72. The molecule has 0 radical (unpaired) electrons. The number of carbonyl (C=O) groups is 1. The summed E-state index contributed by atoms with van der Waals surface area (Å²) in [6.45, 7) is 4.00. The Morgan fingerprint density at radius 1 is 1.28 bits per heavy atom. The van der Waals surface area contributed by atoms with Crippen molar-refractivity contribution in [2.45, 2.75) is 13.8 Å². The average Bonchev–Trinajstić information content (AvgIpc) is 2.77. The van der Waals surface area contributed by atoms with Crippen LogP contribution in [-0.2, 0) is 0 Å². The molecule has 0 unspecified atom stereocenters. The van der Waals surface area contributed by atoms with Gasteiger partial charge in [0, 0.05) is 7.05 Å². The van der Waals surface area contributed by atoms with Gasteiger partial charge >= 0.3 is 5.97 Å². The summed E-state index contributed by atoms with van der Waals surface area (Å²) in [5.74, 6) is -0.852. The minimum atomic E-state index is -1.10. The fraction of sp³-hybridized carbons (Fsp3) is 0.250. The standard InChI is InChI=1S/C12H14N4O2/c1-7-4-5-9(6-8(7)2)16-14-10(12(17)18)11(13-3)15-16/h4-6H,1-3H3,(H,13,15)(H,17,18). The molecule has 6 heteroatoms. The molecule has 2 N–H and O–H groups in total. The van der Waals surface area contributed by atoms with E-state index in [1.54, 1.807) is 7.05 Å². The van der Waals surface area contributed by atoms with Crippen LogP contribution < -0.4 is 5.32 Å². The van der Waals surface area contributed by atoms with Gasteiger partial charge in [-0.1, -0.05) is 6.07 Å². The van der Waals surface area contributed by atoms with E-state index < -0.39 is 5.97 Å². The molecular weight excluding hydrogens is 232 g/mol. The zero-order valence-corrected chi connectivity index (χ0v) is 10.4. The van der Waals surface area contributed by atoms with Crippen LogP contribution in [0.1, 0.15) is 21.6 Å².